The topological polar surface area (TPSA) is 72.0 Å². The van der Waals surface area contributed by atoms with E-state index in [0.29, 0.717) is 17.3 Å². The molecule has 0 atom stereocenters. The molecule has 0 bridgehead atoms. The van der Waals surface area contributed by atoms with Gasteiger partial charge in [0.1, 0.15) is 11.4 Å². The Bertz CT molecular complexity index is 737. The third-order valence-electron chi connectivity index (χ3n) is 3.00. The summed E-state index contributed by atoms with van der Waals surface area (Å²) in [4.78, 5) is 8.66. The van der Waals surface area contributed by atoms with E-state index >= 15 is 0 Å². The van der Waals surface area contributed by atoms with Crippen LogP contribution >= 0.6 is 0 Å². The van der Waals surface area contributed by atoms with Gasteiger partial charge >= 0.3 is 0 Å². The van der Waals surface area contributed by atoms with Crippen LogP contribution in [0.25, 0.3) is 23.0 Å². The summed E-state index contributed by atoms with van der Waals surface area (Å²) >= 11 is 0. The number of hydrogen-bond donors (Lipinski definition) is 1. The van der Waals surface area contributed by atoms with Crippen LogP contribution in [0.5, 0.6) is 5.75 Å². The second-order valence-electron chi connectivity index (χ2n) is 4.34. The molecule has 2 aromatic heterocycles. The predicted molar refractivity (Wildman–Crippen MR) is 74.0 cm³/mol. The summed E-state index contributed by atoms with van der Waals surface area (Å²) in [5.74, 6) is 0.985. The summed E-state index contributed by atoms with van der Waals surface area (Å²) in [6.07, 6.45) is 2.55. The maximum atomic E-state index is 9.48. The van der Waals surface area contributed by atoms with Crippen LogP contribution in [0, 0.1) is 0 Å². The van der Waals surface area contributed by atoms with E-state index in [0.717, 1.165) is 17.7 Å². The summed E-state index contributed by atoms with van der Waals surface area (Å²) in [6.45, 7) is 2.05. The number of nitrogens with zero attached hydrogens (tertiary/aromatic N) is 3. The highest BCUT2D eigenvalue weighted by Crippen LogP contribution is 2.25. The van der Waals surface area contributed by atoms with Gasteiger partial charge in [0.2, 0.25) is 5.82 Å². The van der Waals surface area contributed by atoms with Crippen molar-refractivity contribution in [2.24, 2.45) is 0 Å². The fraction of sp³-hybridized carbons (Fsp3) is 0.133. The predicted octanol–water partition coefficient (Wildman–Crippen LogP) is 3.07. The molecular weight excluding hydrogens is 254 g/mol. The number of phenolic OH excluding ortho intramolecular Hbond substituents is 1. The molecule has 0 saturated carbocycles. The molecule has 1 N–H and O–H groups in total. The van der Waals surface area contributed by atoms with Crippen molar-refractivity contribution in [1.82, 2.24) is 15.1 Å². The molecule has 0 radical (unpaired) electrons. The van der Waals surface area contributed by atoms with Gasteiger partial charge in [-0.25, -0.2) is 0 Å². The Hall–Kier alpha value is -2.69. The molecule has 100 valence electrons. The number of benzene rings is 1. The highest BCUT2D eigenvalue weighted by atomic mass is 16.5. The molecule has 3 aromatic rings. The lowest BCUT2D eigenvalue weighted by atomic mass is 10.1. The van der Waals surface area contributed by atoms with Crippen molar-refractivity contribution in [1.29, 1.82) is 0 Å². The molecule has 20 heavy (non-hydrogen) atoms. The highest BCUT2D eigenvalue weighted by molar-refractivity contribution is 5.60. The quantitative estimate of drug-likeness (QED) is 0.789. The second kappa shape index (κ2) is 5.13. The van der Waals surface area contributed by atoms with Gasteiger partial charge in [-0.3, -0.25) is 4.98 Å². The van der Waals surface area contributed by atoms with Gasteiger partial charge in [-0.15, -0.1) is 0 Å². The van der Waals surface area contributed by atoms with Crippen LogP contribution < -0.4 is 0 Å². The standard InChI is InChI=1S/C15H13N3O2/c1-2-10-6-4-8-16-13(10)14-17-15(20-18-14)11-5-3-7-12(19)9-11/h3-9,19H,2H2,1H3. The van der Waals surface area contributed by atoms with E-state index in [9.17, 15) is 5.11 Å². The zero-order chi connectivity index (χ0) is 13.9. The summed E-state index contributed by atoms with van der Waals surface area (Å²) in [5.41, 5.74) is 2.47. The molecule has 0 aliphatic heterocycles. The fourth-order valence-electron chi connectivity index (χ4n) is 2.00. The Balaban J connectivity index is 2.02. The maximum absolute atomic E-state index is 9.48. The molecule has 5 heteroatoms. The maximum Gasteiger partial charge on any atom is 0.258 e. The normalized spacial score (nSPS) is 10.7. The van der Waals surface area contributed by atoms with E-state index < -0.39 is 0 Å². The first-order valence-corrected chi connectivity index (χ1v) is 6.35. The zero-order valence-electron chi connectivity index (χ0n) is 10.9. The fourth-order valence-corrected chi connectivity index (χ4v) is 2.00. The van der Waals surface area contributed by atoms with Gasteiger partial charge < -0.3 is 9.63 Å². The van der Waals surface area contributed by atoms with E-state index in [4.69, 9.17) is 4.52 Å². The van der Waals surface area contributed by atoms with E-state index in [-0.39, 0.29) is 5.75 Å². The van der Waals surface area contributed by atoms with Crippen molar-refractivity contribution in [2.45, 2.75) is 13.3 Å². The largest absolute Gasteiger partial charge is 0.508 e. The van der Waals surface area contributed by atoms with Crippen LogP contribution in [0.3, 0.4) is 0 Å². The second-order valence-corrected chi connectivity index (χ2v) is 4.34. The van der Waals surface area contributed by atoms with Crippen LogP contribution in [0.15, 0.2) is 47.1 Å². The number of rotatable bonds is 3. The zero-order valence-corrected chi connectivity index (χ0v) is 10.9. The van der Waals surface area contributed by atoms with Gasteiger partial charge in [0.15, 0.2) is 0 Å². The van der Waals surface area contributed by atoms with Gasteiger partial charge in [-0.2, -0.15) is 4.98 Å². The minimum atomic E-state index is 0.161. The van der Waals surface area contributed by atoms with Crippen LogP contribution in [0.2, 0.25) is 0 Å². The third-order valence-corrected chi connectivity index (χ3v) is 3.00. The van der Waals surface area contributed by atoms with Crippen LogP contribution in [-0.2, 0) is 6.42 Å². The van der Waals surface area contributed by atoms with Gasteiger partial charge in [0.05, 0.1) is 0 Å². The number of aromatic nitrogens is 3. The first-order chi connectivity index (χ1) is 9.78. The Morgan fingerprint density at radius 1 is 1.20 bits per heavy atom. The summed E-state index contributed by atoms with van der Waals surface area (Å²) in [5, 5.41) is 13.4. The summed E-state index contributed by atoms with van der Waals surface area (Å²) in [7, 11) is 0. The lowest BCUT2D eigenvalue weighted by Crippen LogP contribution is -1.92. The van der Waals surface area contributed by atoms with Crippen molar-refractivity contribution >= 4 is 0 Å². The molecule has 0 unspecified atom stereocenters. The molecule has 0 aliphatic carbocycles. The van der Waals surface area contributed by atoms with E-state index in [1.165, 1.54) is 0 Å². The molecular formula is C15H13N3O2. The van der Waals surface area contributed by atoms with Crippen LogP contribution in [0.1, 0.15) is 12.5 Å². The minimum absolute atomic E-state index is 0.161. The minimum Gasteiger partial charge on any atom is -0.508 e. The molecule has 0 amide bonds. The molecule has 0 aliphatic rings. The Labute approximate surface area is 115 Å². The molecule has 0 spiro atoms. The van der Waals surface area contributed by atoms with Crippen LogP contribution in [-0.4, -0.2) is 20.2 Å². The molecule has 0 saturated heterocycles. The smallest absolute Gasteiger partial charge is 0.258 e. The lowest BCUT2D eigenvalue weighted by Gasteiger charge is -2.00. The van der Waals surface area contributed by atoms with E-state index in [1.54, 1.807) is 30.5 Å². The average Bonchev–Trinajstić information content (AvgIpc) is 2.97. The van der Waals surface area contributed by atoms with Crippen molar-refractivity contribution in [3.63, 3.8) is 0 Å². The number of aromatic hydroxyl groups is 1. The van der Waals surface area contributed by atoms with Crippen molar-refractivity contribution in [2.75, 3.05) is 0 Å². The molecule has 3 rings (SSSR count). The third kappa shape index (κ3) is 2.25. The lowest BCUT2D eigenvalue weighted by molar-refractivity contribution is 0.431. The Morgan fingerprint density at radius 3 is 2.90 bits per heavy atom. The van der Waals surface area contributed by atoms with Crippen molar-refractivity contribution in [3.8, 4) is 28.7 Å². The Morgan fingerprint density at radius 2 is 2.10 bits per heavy atom. The SMILES string of the molecule is CCc1cccnc1-c1noc(-c2cccc(O)c2)n1. The highest BCUT2D eigenvalue weighted by Gasteiger charge is 2.14. The summed E-state index contributed by atoms with van der Waals surface area (Å²) < 4.78 is 5.25. The van der Waals surface area contributed by atoms with Crippen LogP contribution in [0.4, 0.5) is 0 Å². The van der Waals surface area contributed by atoms with Gasteiger partial charge in [-0.05, 0) is 36.2 Å². The molecule has 1 aromatic carbocycles. The first kappa shape index (κ1) is 12.3. The van der Waals surface area contributed by atoms with Crippen molar-refractivity contribution in [3.05, 3.63) is 48.2 Å². The number of aryl methyl sites for hydroxylation is 1. The van der Waals surface area contributed by atoms with Gasteiger partial charge in [0.25, 0.3) is 5.89 Å². The number of phenols is 1. The molecule has 2 heterocycles. The summed E-state index contributed by atoms with van der Waals surface area (Å²) in [6, 6.07) is 10.6. The monoisotopic (exact) mass is 267 g/mol. The van der Waals surface area contributed by atoms with Gasteiger partial charge in [0, 0.05) is 11.8 Å². The average molecular weight is 267 g/mol. The number of hydrogen-bond acceptors (Lipinski definition) is 5. The first-order valence-electron chi connectivity index (χ1n) is 6.35. The van der Waals surface area contributed by atoms with E-state index in [2.05, 4.69) is 22.0 Å². The number of pyridine rings is 1. The van der Waals surface area contributed by atoms with Gasteiger partial charge in [-0.1, -0.05) is 24.2 Å². The molecule has 5 nitrogen and oxygen atoms in total. The Kier molecular flexibility index (Phi) is 3.16. The van der Waals surface area contributed by atoms with Crippen molar-refractivity contribution < 1.29 is 9.63 Å². The van der Waals surface area contributed by atoms with E-state index in [1.807, 2.05) is 12.1 Å². The molecule has 0 fully saturated rings.